The molecule has 2 heterocycles. The van der Waals surface area contributed by atoms with Gasteiger partial charge in [0.15, 0.2) is 0 Å². The molecule has 154 valence electrons. The summed E-state index contributed by atoms with van der Waals surface area (Å²) < 4.78 is 13.6. The van der Waals surface area contributed by atoms with Crippen LogP contribution in [0.15, 0.2) is 18.2 Å². The molecule has 0 saturated carbocycles. The van der Waals surface area contributed by atoms with E-state index in [0.717, 1.165) is 45.6 Å². The molecule has 0 radical (unpaired) electrons. The van der Waals surface area contributed by atoms with Gasteiger partial charge in [0, 0.05) is 44.5 Å². The highest BCUT2D eigenvalue weighted by molar-refractivity contribution is 5.92. The lowest BCUT2D eigenvalue weighted by Crippen LogP contribution is -2.53. The highest BCUT2D eigenvalue weighted by Crippen LogP contribution is 2.17. The van der Waals surface area contributed by atoms with E-state index in [-0.39, 0.29) is 24.2 Å². The molecule has 0 bridgehead atoms. The summed E-state index contributed by atoms with van der Waals surface area (Å²) in [5, 5.41) is 2.75. The molecule has 3 rings (SSSR count). The zero-order valence-corrected chi connectivity index (χ0v) is 16.9. The number of anilines is 1. The number of rotatable bonds is 5. The zero-order chi connectivity index (χ0) is 20.1. The van der Waals surface area contributed by atoms with Crippen LogP contribution < -0.4 is 5.32 Å². The first-order chi connectivity index (χ1) is 13.4. The maximum absolute atomic E-state index is 13.6. The molecule has 1 aromatic rings. The third-order valence-corrected chi connectivity index (χ3v) is 5.77. The van der Waals surface area contributed by atoms with E-state index in [0.29, 0.717) is 23.8 Å². The molecule has 0 spiro atoms. The summed E-state index contributed by atoms with van der Waals surface area (Å²) in [5.74, 6) is -0.242. The van der Waals surface area contributed by atoms with Crippen LogP contribution in [0.5, 0.6) is 0 Å². The summed E-state index contributed by atoms with van der Waals surface area (Å²) in [6.07, 6.45) is 3.41. The predicted octanol–water partition coefficient (Wildman–Crippen LogP) is 2.09. The SMILES string of the molecule is Cc1ccc(NC(=O)CN2CCN(CC(=O)N3CCCCC3C)CC2)cc1F. The smallest absolute Gasteiger partial charge is 0.238 e. The van der Waals surface area contributed by atoms with Crippen molar-refractivity contribution >= 4 is 17.5 Å². The number of hydrogen-bond donors (Lipinski definition) is 1. The van der Waals surface area contributed by atoms with Crippen molar-refractivity contribution in [3.8, 4) is 0 Å². The van der Waals surface area contributed by atoms with Gasteiger partial charge in [-0.05, 0) is 50.8 Å². The van der Waals surface area contributed by atoms with Gasteiger partial charge in [-0.2, -0.15) is 0 Å². The van der Waals surface area contributed by atoms with Gasteiger partial charge >= 0.3 is 0 Å². The minimum Gasteiger partial charge on any atom is -0.339 e. The van der Waals surface area contributed by atoms with Crippen LogP contribution >= 0.6 is 0 Å². The quantitative estimate of drug-likeness (QED) is 0.837. The topological polar surface area (TPSA) is 55.9 Å². The van der Waals surface area contributed by atoms with Crippen molar-refractivity contribution < 1.29 is 14.0 Å². The third kappa shape index (κ3) is 5.52. The second-order valence-electron chi connectivity index (χ2n) is 8.00. The summed E-state index contributed by atoms with van der Waals surface area (Å²) in [7, 11) is 0. The van der Waals surface area contributed by atoms with Crippen molar-refractivity contribution in [2.45, 2.75) is 39.2 Å². The number of likely N-dealkylation sites (tertiary alicyclic amines) is 1. The zero-order valence-electron chi connectivity index (χ0n) is 16.9. The van der Waals surface area contributed by atoms with Crippen molar-refractivity contribution in [2.24, 2.45) is 0 Å². The Morgan fingerprint density at radius 3 is 2.39 bits per heavy atom. The fraction of sp³-hybridized carbons (Fsp3) is 0.619. The van der Waals surface area contributed by atoms with Crippen LogP contribution in [0.4, 0.5) is 10.1 Å². The molecular weight excluding hydrogens is 359 g/mol. The number of carbonyl (C=O) groups is 2. The predicted molar refractivity (Wildman–Crippen MR) is 108 cm³/mol. The lowest BCUT2D eigenvalue weighted by Gasteiger charge is -2.37. The monoisotopic (exact) mass is 390 g/mol. The Labute approximate surface area is 166 Å². The summed E-state index contributed by atoms with van der Waals surface area (Å²) >= 11 is 0. The summed E-state index contributed by atoms with van der Waals surface area (Å²) in [6, 6.07) is 5.06. The highest BCUT2D eigenvalue weighted by Gasteiger charge is 2.26. The van der Waals surface area contributed by atoms with Gasteiger partial charge in [0.25, 0.3) is 0 Å². The number of carbonyl (C=O) groups excluding carboxylic acids is 2. The minimum atomic E-state index is -0.320. The number of piperazine rings is 1. The number of piperidine rings is 1. The van der Waals surface area contributed by atoms with Gasteiger partial charge in [-0.3, -0.25) is 19.4 Å². The maximum Gasteiger partial charge on any atom is 0.238 e. The molecule has 1 unspecified atom stereocenters. The van der Waals surface area contributed by atoms with Crippen molar-refractivity contribution in [1.29, 1.82) is 0 Å². The molecule has 2 amide bonds. The molecule has 2 aliphatic heterocycles. The Bertz CT molecular complexity index is 704. The van der Waals surface area contributed by atoms with Crippen LogP contribution in [-0.2, 0) is 9.59 Å². The lowest BCUT2D eigenvalue weighted by molar-refractivity contribution is -0.136. The standard InChI is InChI=1S/C21H31FN4O2/c1-16-6-7-18(13-19(16)22)23-20(27)14-24-9-11-25(12-10-24)15-21(28)26-8-4-3-5-17(26)2/h6-7,13,17H,3-5,8-12,14-15H2,1-2H3,(H,23,27). The average molecular weight is 391 g/mol. The van der Waals surface area contributed by atoms with Crippen molar-refractivity contribution in [3.63, 3.8) is 0 Å². The number of aryl methyl sites for hydroxylation is 1. The van der Waals surface area contributed by atoms with E-state index in [1.54, 1.807) is 19.1 Å². The average Bonchev–Trinajstić information content (AvgIpc) is 2.66. The van der Waals surface area contributed by atoms with Crippen LogP contribution in [0.3, 0.4) is 0 Å². The van der Waals surface area contributed by atoms with Crippen LogP contribution in [0.25, 0.3) is 0 Å². The molecule has 2 saturated heterocycles. The number of benzene rings is 1. The van der Waals surface area contributed by atoms with E-state index in [1.807, 2.05) is 4.90 Å². The first-order valence-corrected chi connectivity index (χ1v) is 10.2. The molecule has 7 heteroatoms. The number of amides is 2. The Morgan fingerprint density at radius 2 is 1.75 bits per heavy atom. The first kappa shape index (κ1) is 20.7. The Kier molecular flexibility index (Phi) is 7.02. The maximum atomic E-state index is 13.6. The number of halogens is 1. The van der Waals surface area contributed by atoms with Crippen molar-refractivity contribution in [2.75, 3.05) is 51.1 Å². The fourth-order valence-corrected chi connectivity index (χ4v) is 3.93. The summed E-state index contributed by atoms with van der Waals surface area (Å²) in [5.41, 5.74) is 1.04. The van der Waals surface area contributed by atoms with Crippen LogP contribution in [0.1, 0.15) is 31.7 Å². The molecule has 1 aromatic carbocycles. The van der Waals surface area contributed by atoms with Gasteiger partial charge in [0.1, 0.15) is 5.82 Å². The van der Waals surface area contributed by atoms with E-state index < -0.39 is 0 Å². The van der Waals surface area contributed by atoms with Gasteiger partial charge in [-0.15, -0.1) is 0 Å². The minimum absolute atomic E-state index is 0.144. The highest BCUT2D eigenvalue weighted by atomic mass is 19.1. The fourth-order valence-electron chi connectivity index (χ4n) is 3.93. The molecule has 1 atom stereocenters. The number of nitrogens with zero attached hydrogens (tertiary/aromatic N) is 3. The summed E-state index contributed by atoms with van der Waals surface area (Å²) in [6.45, 7) is 8.50. The molecule has 2 aliphatic rings. The summed E-state index contributed by atoms with van der Waals surface area (Å²) in [4.78, 5) is 31.1. The molecule has 6 nitrogen and oxygen atoms in total. The lowest BCUT2D eigenvalue weighted by atomic mass is 10.0. The molecule has 0 aromatic heterocycles. The van der Waals surface area contributed by atoms with E-state index in [4.69, 9.17) is 0 Å². The van der Waals surface area contributed by atoms with Crippen LogP contribution in [-0.4, -0.2) is 78.4 Å². The second kappa shape index (κ2) is 9.47. The van der Waals surface area contributed by atoms with Gasteiger partial charge in [0.05, 0.1) is 13.1 Å². The van der Waals surface area contributed by atoms with E-state index >= 15 is 0 Å². The Hall–Kier alpha value is -1.99. The van der Waals surface area contributed by atoms with E-state index in [1.165, 1.54) is 12.5 Å². The molecule has 2 fully saturated rings. The Morgan fingerprint density at radius 1 is 1.07 bits per heavy atom. The molecule has 1 N–H and O–H groups in total. The van der Waals surface area contributed by atoms with Gasteiger partial charge in [-0.25, -0.2) is 4.39 Å². The largest absolute Gasteiger partial charge is 0.339 e. The Balaban J connectivity index is 1.40. The normalized spacial score (nSPS) is 21.5. The van der Waals surface area contributed by atoms with Crippen molar-refractivity contribution in [3.05, 3.63) is 29.6 Å². The molecule has 0 aliphatic carbocycles. The van der Waals surface area contributed by atoms with E-state index in [9.17, 15) is 14.0 Å². The molecular formula is C21H31FN4O2. The van der Waals surface area contributed by atoms with Crippen molar-refractivity contribution in [1.82, 2.24) is 14.7 Å². The number of nitrogens with one attached hydrogen (secondary N) is 1. The van der Waals surface area contributed by atoms with Crippen LogP contribution in [0.2, 0.25) is 0 Å². The van der Waals surface area contributed by atoms with E-state index in [2.05, 4.69) is 22.0 Å². The van der Waals surface area contributed by atoms with Gasteiger partial charge in [0.2, 0.25) is 11.8 Å². The van der Waals surface area contributed by atoms with Gasteiger partial charge in [-0.1, -0.05) is 6.07 Å². The first-order valence-electron chi connectivity index (χ1n) is 10.2. The number of hydrogen-bond acceptors (Lipinski definition) is 4. The third-order valence-electron chi connectivity index (χ3n) is 5.77. The second-order valence-corrected chi connectivity index (χ2v) is 8.00. The van der Waals surface area contributed by atoms with Gasteiger partial charge < -0.3 is 10.2 Å². The molecule has 28 heavy (non-hydrogen) atoms. The van der Waals surface area contributed by atoms with Crippen LogP contribution in [0, 0.1) is 12.7 Å².